The van der Waals surface area contributed by atoms with Crippen molar-refractivity contribution in [1.82, 2.24) is 10.6 Å². The molecule has 4 nitrogen and oxygen atoms in total. The van der Waals surface area contributed by atoms with Crippen molar-refractivity contribution in [3.05, 3.63) is 0 Å². The second-order valence-electron chi connectivity index (χ2n) is 4.08. The molecule has 0 saturated carbocycles. The molecule has 0 aliphatic carbocycles. The fourth-order valence-corrected chi connectivity index (χ4v) is 2.64. The maximum absolute atomic E-state index is 11.3. The summed E-state index contributed by atoms with van der Waals surface area (Å²) < 4.78 is 0. The standard InChI is InChI=1S/C7H14N2O2Si/c1-12(2,3)7-6(11)8-4-5(10)9-7/h7H,4H2,1-3H3,(H,8,11)(H,9,10). The highest BCUT2D eigenvalue weighted by molar-refractivity contribution is 6.80. The smallest absolute Gasteiger partial charge is 0.239 e. The first-order valence-electron chi connectivity index (χ1n) is 3.98. The topological polar surface area (TPSA) is 58.2 Å². The SMILES string of the molecule is C[Si](C)(C)C1NC(=O)CNC1=O. The maximum atomic E-state index is 11.3. The number of carbonyl (C=O) groups is 2. The van der Waals surface area contributed by atoms with Crippen molar-refractivity contribution in [3.63, 3.8) is 0 Å². The molecule has 68 valence electrons. The molecule has 1 rings (SSSR count). The van der Waals surface area contributed by atoms with Gasteiger partial charge in [0, 0.05) is 0 Å². The molecule has 1 fully saturated rings. The molecule has 1 aliphatic rings. The Morgan fingerprint density at radius 2 is 1.92 bits per heavy atom. The van der Waals surface area contributed by atoms with Crippen LogP contribution in [-0.4, -0.2) is 32.1 Å². The Labute approximate surface area is 72.7 Å². The third-order valence-electron chi connectivity index (χ3n) is 1.86. The summed E-state index contributed by atoms with van der Waals surface area (Å²) in [4.78, 5) is 22.3. The second kappa shape index (κ2) is 2.89. The highest BCUT2D eigenvalue weighted by Crippen LogP contribution is 2.09. The van der Waals surface area contributed by atoms with Gasteiger partial charge in [0.2, 0.25) is 11.8 Å². The van der Waals surface area contributed by atoms with Crippen LogP contribution in [0.5, 0.6) is 0 Å². The van der Waals surface area contributed by atoms with Gasteiger partial charge in [-0.2, -0.15) is 0 Å². The third-order valence-corrected chi connectivity index (χ3v) is 4.00. The zero-order chi connectivity index (χ0) is 9.35. The summed E-state index contributed by atoms with van der Waals surface area (Å²) in [6.07, 6.45) is 0. The van der Waals surface area contributed by atoms with Crippen LogP contribution in [0.3, 0.4) is 0 Å². The van der Waals surface area contributed by atoms with Gasteiger partial charge in [0.15, 0.2) is 0 Å². The molecule has 0 aromatic carbocycles. The lowest BCUT2D eigenvalue weighted by atomic mass is 10.4. The zero-order valence-corrected chi connectivity index (χ0v) is 8.60. The van der Waals surface area contributed by atoms with Gasteiger partial charge >= 0.3 is 0 Å². The van der Waals surface area contributed by atoms with E-state index < -0.39 is 8.07 Å². The first-order chi connectivity index (χ1) is 5.41. The molecule has 0 spiro atoms. The van der Waals surface area contributed by atoms with Gasteiger partial charge in [-0.25, -0.2) is 0 Å². The molecule has 0 aromatic heterocycles. The van der Waals surface area contributed by atoms with E-state index in [0.717, 1.165) is 0 Å². The van der Waals surface area contributed by atoms with E-state index in [9.17, 15) is 9.59 Å². The summed E-state index contributed by atoms with van der Waals surface area (Å²) in [7, 11) is -1.61. The van der Waals surface area contributed by atoms with E-state index in [1.165, 1.54) is 0 Å². The molecule has 1 aliphatic heterocycles. The van der Waals surface area contributed by atoms with Crippen LogP contribution in [0.2, 0.25) is 19.6 Å². The molecule has 5 heteroatoms. The molecule has 1 atom stereocenters. The Morgan fingerprint density at radius 1 is 1.33 bits per heavy atom. The molecular formula is C7H14N2O2Si. The van der Waals surface area contributed by atoms with Crippen molar-refractivity contribution in [2.24, 2.45) is 0 Å². The van der Waals surface area contributed by atoms with Gasteiger partial charge in [0.1, 0.15) is 0 Å². The fourth-order valence-electron chi connectivity index (χ4n) is 1.16. The van der Waals surface area contributed by atoms with Crippen LogP contribution in [0, 0.1) is 0 Å². The van der Waals surface area contributed by atoms with Crippen LogP contribution in [0.25, 0.3) is 0 Å². The van der Waals surface area contributed by atoms with Gasteiger partial charge in [0.25, 0.3) is 0 Å². The second-order valence-corrected chi connectivity index (χ2v) is 9.39. The molecule has 0 bridgehead atoms. The van der Waals surface area contributed by atoms with Gasteiger partial charge in [-0.3, -0.25) is 9.59 Å². The lowest BCUT2D eigenvalue weighted by Gasteiger charge is -2.31. The molecule has 0 radical (unpaired) electrons. The van der Waals surface area contributed by atoms with E-state index in [-0.39, 0.29) is 24.0 Å². The largest absolute Gasteiger partial charge is 0.346 e. The van der Waals surface area contributed by atoms with Gasteiger partial charge in [0.05, 0.1) is 20.3 Å². The lowest BCUT2D eigenvalue weighted by molar-refractivity contribution is -0.131. The number of hydrogen-bond acceptors (Lipinski definition) is 2. The lowest BCUT2D eigenvalue weighted by Crippen LogP contribution is -2.65. The van der Waals surface area contributed by atoms with Crippen molar-refractivity contribution in [2.45, 2.75) is 25.3 Å². The third kappa shape index (κ3) is 1.85. The van der Waals surface area contributed by atoms with E-state index in [2.05, 4.69) is 30.3 Å². The van der Waals surface area contributed by atoms with Crippen LogP contribution < -0.4 is 10.6 Å². The number of nitrogens with one attached hydrogen (secondary N) is 2. The highest BCUT2D eigenvalue weighted by atomic mass is 28.3. The average Bonchev–Trinajstić information content (AvgIpc) is 1.92. The first kappa shape index (κ1) is 9.25. The Bertz CT molecular complexity index is 222. The number of piperazine rings is 1. The van der Waals surface area contributed by atoms with E-state index in [1.807, 2.05) is 0 Å². The summed E-state index contributed by atoms with van der Waals surface area (Å²) in [6, 6.07) is 0. The molecule has 0 aromatic rings. The normalized spacial score (nSPS) is 24.8. The monoisotopic (exact) mass is 186 g/mol. The van der Waals surface area contributed by atoms with Crippen molar-refractivity contribution in [3.8, 4) is 0 Å². The van der Waals surface area contributed by atoms with Crippen LogP contribution in [0.15, 0.2) is 0 Å². The van der Waals surface area contributed by atoms with E-state index in [0.29, 0.717) is 0 Å². The fraction of sp³-hybridized carbons (Fsp3) is 0.714. The minimum absolute atomic E-state index is 0.0335. The first-order valence-corrected chi connectivity index (χ1v) is 7.56. The van der Waals surface area contributed by atoms with Gasteiger partial charge in [-0.1, -0.05) is 19.6 Å². The molecular weight excluding hydrogens is 172 g/mol. The van der Waals surface area contributed by atoms with Crippen LogP contribution in [0.1, 0.15) is 0 Å². The highest BCUT2D eigenvalue weighted by Gasteiger charge is 2.36. The molecule has 2 amide bonds. The Kier molecular flexibility index (Phi) is 2.23. The van der Waals surface area contributed by atoms with Gasteiger partial charge < -0.3 is 10.6 Å². The Balaban J connectivity index is 2.74. The van der Waals surface area contributed by atoms with Gasteiger partial charge in [-0.05, 0) is 0 Å². The van der Waals surface area contributed by atoms with Crippen molar-refractivity contribution in [2.75, 3.05) is 6.54 Å². The van der Waals surface area contributed by atoms with Gasteiger partial charge in [-0.15, -0.1) is 0 Å². The summed E-state index contributed by atoms with van der Waals surface area (Å²) in [6.45, 7) is 6.30. The van der Waals surface area contributed by atoms with Crippen LogP contribution >= 0.6 is 0 Å². The molecule has 12 heavy (non-hydrogen) atoms. The molecule has 1 saturated heterocycles. The minimum Gasteiger partial charge on any atom is -0.346 e. The van der Waals surface area contributed by atoms with Crippen molar-refractivity contribution < 1.29 is 9.59 Å². The summed E-state index contributed by atoms with van der Waals surface area (Å²) in [5.41, 5.74) is -0.265. The van der Waals surface area contributed by atoms with Crippen molar-refractivity contribution in [1.29, 1.82) is 0 Å². The summed E-state index contributed by atoms with van der Waals surface area (Å²) in [5.74, 6) is -0.115. The predicted molar refractivity (Wildman–Crippen MR) is 48.3 cm³/mol. The number of rotatable bonds is 1. The number of hydrogen-bond donors (Lipinski definition) is 2. The van der Waals surface area contributed by atoms with E-state index >= 15 is 0 Å². The predicted octanol–water partition coefficient (Wildman–Crippen LogP) is -0.522. The quantitative estimate of drug-likeness (QED) is 0.541. The molecule has 1 heterocycles. The number of carbonyl (C=O) groups excluding carboxylic acids is 2. The minimum atomic E-state index is -1.61. The maximum Gasteiger partial charge on any atom is 0.239 e. The zero-order valence-electron chi connectivity index (χ0n) is 7.60. The average molecular weight is 186 g/mol. The Morgan fingerprint density at radius 3 is 2.33 bits per heavy atom. The molecule has 2 N–H and O–H groups in total. The van der Waals surface area contributed by atoms with Crippen LogP contribution in [0.4, 0.5) is 0 Å². The van der Waals surface area contributed by atoms with Crippen LogP contribution in [-0.2, 0) is 9.59 Å². The Hall–Kier alpha value is -0.843. The van der Waals surface area contributed by atoms with E-state index in [4.69, 9.17) is 0 Å². The van der Waals surface area contributed by atoms with Crippen molar-refractivity contribution >= 4 is 19.9 Å². The number of amides is 2. The summed E-state index contributed by atoms with van der Waals surface area (Å²) >= 11 is 0. The van der Waals surface area contributed by atoms with E-state index in [1.54, 1.807) is 0 Å². The summed E-state index contributed by atoms with van der Waals surface area (Å²) in [5, 5.41) is 5.29. The molecule has 1 unspecified atom stereocenters.